The van der Waals surface area contributed by atoms with Crippen LogP contribution in [0.25, 0.3) is 0 Å². The molecule has 4 rings (SSSR count). The number of halogens is 1. The van der Waals surface area contributed by atoms with Gasteiger partial charge >= 0.3 is 0 Å². The molecule has 1 aliphatic carbocycles. The maximum atomic E-state index is 13.7. The van der Waals surface area contributed by atoms with E-state index >= 15 is 0 Å². The molecule has 2 aliphatic rings. The number of hydrogen-bond acceptors (Lipinski definition) is 3. The molecule has 0 spiro atoms. The molecule has 0 radical (unpaired) electrons. The van der Waals surface area contributed by atoms with E-state index in [-0.39, 0.29) is 22.7 Å². The summed E-state index contributed by atoms with van der Waals surface area (Å²) >= 11 is 7.15. The predicted molar refractivity (Wildman–Crippen MR) is 115 cm³/mol. The van der Waals surface area contributed by atoms with Gasteiger partial charge in [0.25, 0.3) is 5.91 Å². The van der Waals surface area contributed by atoms with Crippen LogP contribution in [0.2, 0.25) is 0 Å². The van der Waals surface area contributed by atoms with E-state index in [0.717, 1.165) is 31.2 Å². The molecule has 0 aromatic heterocycles. The van der Waals surface area contributed by atoms with Gasteiger partial charge in [-0.05, 0) is 37.0 Å². The Hall–Kier alpha value is -2.20. The topological polar surface area (TPSA) is 38.8 Å². The van der Waals surface area contributed by atoms with E-state index in [1.54, 1.807) is 32.4 Å². The molecule has 1 saturated carbocycles. The molecule has 2 aromatic carbocycles. The zero-order valence-corrected chi connectivity index (χ0v) is 17.8. The summed E-state index contributed by atoms with van der Waals surface area (Å²) in [5.41, 5.74) is 1.74. The summed E-state index contributed by atoms with van der Waals surface area (Å²) in [6.45, 7) is 0.651. The summed E-state index contributed by atoms with van der Waals surface area (Å²) in [6.07, 6.45) is 5.24. The van der Waals surface area contributed by atoms with E-state index in [1.165, 1.54) is 6.42 Å². The highest BCUT2D eigenvalue weighted by Crippen LogP contribution is 2.53. The van der Waals surface area contributed by atoms with Gasteiger partial charge in [-0.3, -0.25) is 4.79 Å². The first kappa shape index (κ1) is 20.1. The van der Waals surface area contributed by atoms with Crippen molar-refractivity contribution in [3.8, 4) is 11.5 Å². The standard InChI is InChI=1S/C24H28ClNO3/c1-28-19-14-18(15-20(16-19)29-2)23(27)26-13-12-24(25)11-7-6-10-21(24)22(26)17-8-4-3-5-9-17/h3-5,8-9,14-16,21-22H,6-7,10-13H2,1-2H3/t21-,22+,24+/m0/s1. The number of benzene rings is 2. The highest BCUT2D eigenvalue weighted by Gasteiger charge is 2.50. The monoisotopic (exact) mass is 413 g/mol. The second-order valence-electron chi connectivity index (χ2n) is 8.09. The van der Waals surface area contributed by atoms with Gasteiger partial charge in [0, 0.05) is 24.1 Å². The molecule has 2 aromatic rings. The van der Waals surface area contributed by atoms with Crippen LogP contribution in [-0.4, -0.2) is 36.4 Å². The smallest absolute Gasteiger partial charge is 0.254 e. The molecule has 0 unspecified atom stereocenters. The van der Waals surface area contributed by atoms with E-state index in [1.807, 2.05) is 23.1 Å². The fraction of sp³-hybridized carbons (Fsp3) is 0.458. The lowest BCUT2D eigenvalue weighted by atomic mass is 9.68. The second kappa shape index (κ2) is 8.27. The number of likely N-dealkylation sites (tertiary alicyclic amines) is 1. The predicted octanol–water partition coefficient (Wildman–Crippen LogP) is 5.46. The van der Waals surface area contributed by atoms with Crippen molar-refractivity contribution in [2.45, 2.75) is 43.0 Å². The normalized spacial score (nSPS) is 26.5. The molecule has 1 saturated heterocycles. The first-order chi connectivity index (χ1) is 14.1. The summed E-state index contributed by atoms with van der Waals surface area (Å²) in [6, 6.07) is 15.7. The lowest BCUT2D eigenvalue weighted by Crippen LogP contribution is -2.53. The maximum Gasteiger partial charge on any atom is 0.254 e. The third kappa shape index (κ3) is 3.83. The highest BCUT2D eigenvalue weighted by atomic mass is 35.5. The lowest BCUT2D eigenvalue weighted by molar-refractivity contribution is 0.0279. The number of nitrogens with zero attached hydrogens (tertiary/aromatic N) is 1. The fourth-order valence-corrected chi connectivity index (χ4v) is 5.47. The molecule has 4 nitrogen and oxygen atoms in total. The lowest BCUT2D eigenvalue weighted by Gasteiger charge is -2.52. The van der Waals surface area contributed by atoms with Crippen molar-refractivity contribution >= 4 is 17.5 Å². The SMILES string of the molecule is COc1cc(OC)cc(C(=O)N2CC[C@]3(Cl)CCCC[C@H]3[C@H]2c2ccccc2)c1. The third-order valence-electron chi connectivity index (χ3n) is 6.51. The molecule has 2 fully saturated rings. The summed E-state index contributed by atoms with van der Waals surface area (Å²) in [4.78, 5) is 15.5. The molecule has 1 amide bonds. The van der Waals surface area contributed by atoms with Crippen molar-refractivity contribution in [2.75, 3.05) is 20.8 Å². The average molecular weight is 414 g/mol. The van der Waals surface area contributed by atoms with Crippen LogP contribution < -0.4 is 9.47 Å². The van der Waals surface area contributed by atoms with Gasteiger partial charge in [-0.25, -0.2) is 0 Å². The molecule has 5 heteroatoms. The number of fused-ring (bicyclic) bond motifs is 1. The largest absolute Gasteiger partial charge is 0.497 e. The fourth-order valence-electron chi connectivity index (χ4n) is 5.03. The number of piperidine rings is 1. The summed E-state index contributed by atoms with van der Waals surface area (Å²) in [5.74, 6) is 1.49. The molecular weight excluding hydrogens is 386 g/mol. The number of carbonyl (C=O) groups excluding carboxylic acids is 1. The number of amides is 1. The second-order valence-corrected chi connectivity index (χ2v) is 8.85. The molecule has 0 N–H and O–H groups in total. The maximum absolute atomic E-state index is 13.7. The first-order valence-corrected chi connectivity index (χ1v) is 10.7. The summed E-state index contributed by atoms with van der Waals surface area (Å²) < 4.78 is 10.8. The first-order valence-electron chi connectivity index (χ1n) is 10.3. The van der Waals surface area contributed by atoms with Crippen LogP contribution in [0.15, 0.2) is 48.5 Å². The van der Waals surface area contributed by atoms with Crippen LogP contribution in [0.4, 0.5) is 0 Å². The van der Waals surface area contributed by atoms with Crippen LogP contribution >= 0.6 is 11.6 Å². The zero-order valence-electron chi connectivity index (χ0n) is 17.1. The Balaban J connectivity index is 1.74. The zero-order chi connectivity index (χ0) is 20.4. The van der Waals surface area contributed by atoms with Crippen LogP contribution in [-0.2, 0) is 0 Å². The van der Waals surface area contributed by atoms with Gasteiger partial charge in [0.05, 0.1) is 25.1 Å². The van der Waals surface area contributed by atoms with Crippen LogP contribution in [0, 0.1) is 5.92 Å². The molecular formula is C24H28ClNO3. The van der Waals surface area contributed by atoms with Crippen molar-refractivity contribution in [3.05, 3.63) is 59.7 Å². The third-order valence-corrected chi connectivity index (χ3v) is 7.17. The molecule has 154 valence electrons. The van der Waals surface area contributed by atoms with Crippen LogP contribution in [0.5, 0.6) is 11.5 Å². The number of carbonyl (C=O) groups is 1. The van der Waals surface area contributed by atoms with Crippen molar-refractivity contribution < 1.29 is 14.3 Å². The summed E-state index contributed by atoms with van der Waals surface area (Å²) in [7, 11) is 3.20. The van der Waals surface area contributed by atoms with E-state index in [9.17, 15) is 4.79 Å². The Bertz CT molecular complexity index is 849. The Morgan fingerprint density at radius 3 is 2.38 bits per heavy atom. The van der Waals surface area contributed by atoms with Crippen LogP contribution in [0.1, 0.15) is 54.1 Å². The highest BCUT2D eigenvalue weighted by molar-refractivity contribution is 6.24. The van der Waals surface area contributed by atoms with Gasteiger partial charge in [-0.1, -0.05) is 43.2 Å². The quantitative estimate of drug-likeness (QED) is 0.625. The average Bonchev–Trinajstić information content (AvgIpc) is 2.77. The van der Waals surface area contributed by atoms with E-state index in [0.29, 0.717) is 23.6 Å². The van der Waals surface area contributed by atoms with Gasteiger partial charge in [0.1, 0.15) is 11.5 Å². The van der Waals surface area contributed by atoms with Gasteiger partial charge in [-0.15, -0.1) is 11.6 Å². The Labute approximate surface area is 177 Å². The van der Waals surface area contributed by atoms with Crippen molar-refractivity contribution in [2.24, 2.45) is 5.92 Å². The van der Waals surface area contributed by atoms with Crippen molar-refractivity contribution in [1.82, 2.24) is 4.90 Å². The van der Waals surface area contributed by atoms with Crippen molar-refractivity contribution in [3.63, 3.8) is 0 Å². The Morgan fingerprint density at radius 1 is 1.03 bits per heavy atom. The van der Waals surface area contributed by atoms with E-state index in [4.69, 9.17) is 21.1 Å². The Morgan fingerprint density at radius 2 is 1.72 bits per heavy atom. The minimum atomic E-state index is -0.221. The van der Waals surface area contributed by atoms with Gasteiger partial charge < -0.3 is 14.4 Å². The minimum Gasteiger partial charge on any atom is -0.497 e. The summed E-state index contributed by atoms with van der Waals surface area (Å²) in [5, 5.41) is 0. The molecule has 0 bridgehead atoms. The minimum absolute atomic E-state index is 0.000318. The van der Waals surface area contributed by atoms with Crippen LogP contribution in [0.3, 0.4) is 0 Å². The van der Waals surface area contributed by atoms with E-state index < -0.39 is 0 Å². The van der Waals surface area contributed by atoms with Gasteiger partial charge in [-0.2, -0.15) is 0 Å². The van der Waals surface area contributed by atoms with E-state index in [2.05, 4.69) is 12.1 Å². The number of rotatable bonds is 4. The molecule has 1 aliphatic heterocycles. The number of methoxy groups -OCH3 is 2. The van der Waals surface area contributed by atoms with Crippen molar-refractivity contribution in [1.29, 1.82) is 0 Å². The van der Waals surface area contributed by atoms with Gasteiger partial charge in [0.2, 0.25) is 0 Å². The molecule has 3 atom stereocenters. The molecule has 29 heavy (non-hydrogen) atoms. The Kier molecular flexibility index (Phi) is 5.73. The number of ether oxygens (including phenoxy) is 2. The van der Waals surface area contributed by atoms with Gasteiger partial charge in [0.15, 0.2) is 0 Å². The number of hydrogen-bond donors (Lipinski definition) is 0. The molecule has 1 heterocycles. The number of alkyl halides is 1.